The van der Waals surface area contributed by atoms with Gasteiger partial charge in [0.2, 0.25) is 11.8 Å². The van der Waals surface area contributed by atoms with Gasteiger partial charge in [0.05, 0.1) is 5.41 Å². The van der Waals surface area contributed by atoms with Crippen molar-refractivity contribution in [1.82, 2.24) is 4.90 Å². The molecule has 1 saturated carbocycles. The second kappa shape index (κ2) is 5.63. The predicted molar refractivity (Wildman–Crippen MR) is 81.7 cm³/mol. The van der Waals surface area contributed by atoms with E-state index in [-0.39, 0.29) is 11.8 Å². The minimum atomic E-state index is -0.674. The van der Waals surface area contributed by atoms with Gasteiger partial charge in [0.25, 0.3) is 0 Å². The lowest BCUT2D eigenvalue weighted by Crippen LogP contribution is -2.39. The number of rotatable bonds is 3. The van der Waals surface area contributed by atoms with Crippen LogP contribution in [-0.2, 0) is 15.0 Å². The second-order valence-electron chi connectivity index (χ2n) is 6.69. The maximum absolute atomic E-state index is 12.8. The van der Waals surface area contributed by atoms with Gasteiger partial charge in [-0.05, 0) is 31.2 Å². The van der Waals surface area contributed by atoms with Gasteiger partial charge in [-0.3, -0.25) is 14.5 Å². The zero-order valence-corrected chi connectivity index (χ0v) is 12.7. The van der Waals surface area contributed by atoms with Gasteiger partial charge in [-0.15, -0.1) is 0 Å². The number of carbonyl (C=O) groups is 2. The van der Waals surface area contributed by atoms with Crippen LogP contribution in [0.15, 0.2) is 30.3 Å². The Kier molecular flexibility index (Phi) is 3.83. The van der Waals surface area contributed by atoms with Crippen molar-refractivity contribution >= 4 is 11.8 Å². The normalized spacial score (nSPS) is 27.4. The highest BCUT2D eigenvalue weighted by Crippen LogP contribution is 2.37. The van der Waals surface area contributed by atoms with Crippen LogP contribution < -0.4 is 0 Å². The molecule has 3 heteroatoms. The molecule has 0 spiro atoms. The first kappa shape index (κ1) is 14.3. The summed E-state index contributed by atoms with van der Waals surface area (Å²) in [7, 11) is 0. The van der Waals surface area contributed by atoms with Crippen LogP contribution in [-0.4, -0.2) is 23.3 Å². The molecule has 1 aliphatic carbocycles. The van der Waals surface area contributed by atoms with Gasteiger partial charge in [0.1, 0.15) is 0 Å². The lowest BCUT2D eigenvalue weighted by molar-refractivity contribution is -0.140. The fourth-order valence-electron chi connectivity index (χ4n) is 3.73. The number of benzene rings is 1. The topological polar surface area (TPSA) is 37.4 Å². The molecular formula is C18H23NO2. The first-order valence-corrected chi connectivity index (χ1v) is 8.01. The molecule has 112 valence electrons. The lowest BCUT2D eigenvalue weighted by atomic mass is 9.81. The maximum Gasteiger partial charge on any atom is 0.240 e. The van der Waals surface area contributed by atoms with Crippen LogP contribution in [0.4, 0.5) is 0 Å². The summed E-state index contributed by atoms with van der Waals surface area (Å²) < 4.78 is 0. The zero-order chi connectivity index (χ0) is 14.9. The van der Waals surface area contributed by atoms with Crippen LogP contribution in [0.5, 0.6) is 0 Å². The van der Waals surface area contributed by atoms with E-state index in [1.54, 1.807) is 0 Å². The molecule has 1 aromatic carbocycles. The molecule has 0 bridgehead atoms. The van der Waals surface area contributed by atoms with Crippen molar-refractivity contribution in [3.8, 4) is 0 Å². The zero-order valence-electron chi connectivity index (χ0n) is 12.7. The lowest BCUT2D eigenvalue weighted by Gasteiger charge is -2.27. The molecule has 1 unspecified atom stereocenters. The number of hydrogen-bond acceptors (Lipinski definition) is 2. The van der Waals surface area contributed by atoms with Gasteiger partial charge in [0.15, 0.2) is 0 Å². The summed E-state index contributed by atoms with van der Waals surface area (Å²) in [5, 5.41) is 0. The third-order valence-electron chi connectivity index (χ3n) is 5.10. The van der Waals surface area contributed by atoms with E-state index in [4.69, 9.17) is 0 Å². The highest BCUT2D eigenvalue weighted by molar-refractivity contribution is 6.08. The molecule has 3 nitrogen and oxygen atoms in total. The van der Waals surface area contributed by atoms with E-state index in [0.717, 1.165) is 18.4 Å². The van der Waals surface area contributed by atoms with Gasteiger partial charge >= 0.3 is 0 Å². The molecule has 1 heterocycles. The van der Waals surface area contributed by atoms with Crippen LogP contribution in [0.3, 0.4) is 0 Å². The Morgan fingerprint density at radius 2 is 1.76 bits per heavy atom. The van der Waals surface area contributed by atoms with Crippen molar-refractivity contribution in [3.05, 3.63) is 35.9 Å². The molecule has 3 rings (SSSR count). The standard InChI is InChI=1S/C18H23NO2/c1-18(15-10-6-3-7-11-15)12-16(20)19(17(18)21)13-14-8-4-2-5-9-14/h3,6-7,10-11,14H,2,4-5,8-9,12-13H2,1H3. The van der Waals surface area contributed by atoms with Crippen LogP contribution in [0, 0.1) is 5.92 Å². The Bertz CT molecular complexity index is 533. The van der Waals surface area contributed by atoms with Gasteiger partial charge in [-0.25, -0.2) is 0 Å². The van der Waals surface area contributed by atoms with Gasteiger partial charge in [-0.1, -0.05) is 49.6 Å². The summed E-state index contributed by atoms with van der Waals surface area (Å²) >= 11 is 0. The molecule has 1 saturated heterocycles. The van der Waals surface area contributed by atoms with Gasteiger partial charge in [0, 0.05) is 13.0 Å². The molecule has 0 aromatic heterocycles. The molecule has 21 heavy (non-hydrogen) atoms. The number of likely N-dealkylation sites (tertiary alicyclic amines) is 1. The minimum Gasteiger partial charge on any atom is -0.282 e. The monoisotopic (exact) mass is 285 g/mol. The van der Waals surface area contributed by atoms with E-state index in [0.29, 0.717) is 18.9 Å². The maximum atomic E-state index is 12.8. The van der Waals surface area contributed by atoms with Crippen LogP contribution in [0.1, 0.15) is 51.0 Å². The predicted octanol–water partition coefficient (Wildman–Crippen LogP) is 3.28. The average molecular weight is 285 g/mol. The van der Waals surface area contributed by atoms with Crippen molar-refractivity contribution in [1.29, 1.82) is 0 Å². The van der Waals surface area contributed by atoms with Crippen LogP contribution in [0.2, 0.25) is 0 Å². The van der Waals surface area contributed by atoms with E-state index in [1.807, 2.05) is 37.3 Å². The summed E-state index contributed by atoms with van der Waals surface area (Å²) in [6.07, 6.45) is 6.37. The van der Waals surface area contributed by atoms with Crippen molar-refractivity contribution in [2.75, 3.05) is 6.54 Å². The Morgan fingerprint density at radius 3 is 2.43 bits per heavy atom. The van der Waals surface area contributed by atoms with Gasteiger partial charge in [-0.2, -0.15) is 0 Å². The summed E-state index contributed by atoms with van der Waals surface area (Å²) in [5.41, 5.74) is 0.280. The largest absolute Gasteiger partial charge is 0.282 e. The Balaban J connectivity index is 1.78. The first-order valence-electron chi connectivity index (χ1n) is 8.01. The van der Waals surface area contributed by atoms with Crippen molar-refractivity contribution < 1.29 is 9.59 Å². The molecule has 0 N–H and O–H groups in total. The van der Waals surface area contributed by atoms with Crippen LogP contribution >= 0.6 is 0 Å². The second-order valence-corrected chi connectivity index (χ2v) is 6.69. The SMILES string of the molecule is CC1(c2ccccc2)CC(=O)N(CC2CCCCC2)C1=O. The number of amides is 2. The average Bonchev–Trinajstić information content (AvgIpc) is 2.74. The van der Waals surface area contributed by atoms with Crippen molar-refractivity contribution in [3.63, 3.8) is 0 Å². The van der Waals surface area contributed by atoms with Crippen molar-refractivity contribution in [2.45, 2.75) is 50.9 Å². The molecule has 1 aliphatic heterocycles. The minimum absolute atomic E-state index is 0.00285. The summed E-state index contributed by atoms with van der Waals surface area (Å²) in [6.45, 7) is 2.53. The molecule has 2 amide bonds. The van der Waals surface area contributed by atoms with E-state index in [9.17, 15) is 9.59 Å². The number of carbonyl (C=O) groups excluding carboxylic acids is 2. The van der Waals surface area contributed by atoms with Crippen molar-refractivity contribution in [2.24, 2.45) is 5.92 Å². The van der Waals surface area contributed by atoms with E-state index < -0.39 is 5.41 Å². The summed E-state index contributed by atoms with van der Waals surface area (Å²) in [6, 6.07) is 9.71. The summed E-state index contributed by atoms with van der Waals surface area (Å²) in [5.74, 6) is 0.492. The highest BCUT2D eigenvalue weighted by Gasteiger charge is 2.49. The third kappa shape index (κ3) is 2.61. The Labute approximate surface area is 126 Å². The van der Waals surface area contributed by atoms with E-state index in [2.05, 4.69) is 0 Å². The molecule has 1 atom stereocenters. The Hall–Kier alpha value is -1.64. The Morgan fingerprint density at radius 1 is 1.10 bits per heavy atom. The number of imide groups is 1. The summed E-state index contributed by atoms with van der Waals surface area (Å²) in [4.78, 5) is 26.7. The highest BCUT2D eigenvalue weighted by atomic mass is 16.2. The third-order valence-corrected chi connectivity index (χ3v) is 5.10. The van der Waals surface area contributed by atoms with E-state index in [1.165, 1.54) is 24.2 Å². The molecule has 2 aliphatic rings. The number of hydrogen-bond donors (Lipinski definition) is 0. The van der Waals surface area contributed by atoms with Gasteiger partial charge < -0.3 is 0 Å². The quantitative estimate of drug-likeness (QED) is 0.799. The molecule has 0 radical (unpaired) electrons. The number of nitrogens with zero attached hydrogens (tertiary/aromatic N) is 1. The molecule has 2 fully saturated rings. The fourth-order valence-corrected chi connectivity index (χ4v) is 3.73. The van der Waals surface area contributed by atoms with E-state index >= 15 is 0 Å². The smallest absolute Gasteiger partial charge is 0.240 e. The molecule has 1 aromatic rings. The molecular weight excluding hydrogens is 262 g/mol. The first-order chi connectivity index (χ1) is 10.1. The van der Waals surface area contributed by atoms with Crippen LogP contribution in [0.25, 0.3) is 0 Å². The fraction of sp³-hybridized carbons (Fsp3) is 0.556.